The molecule has 0 radical (unpaired) electrons. The van der Waals surface area contributed by atoms with Crippen molar-refractivity contribution in [3.05, 3.63) is 65.2 Å². The van der Waals surface area contributed by atoms with Gasteiger partial charge in [-0.25, -0.2) is 0 Å². The van der Waals surface area contributed by atoms with Crippen LogP contribution in [-0.4, -0.2) is 23.3 Å². The zero-order valence-electron chi connectivity index (χ0n) is 13.7. The molecule has 0 heterocycles. The number of benzene rings is 2. The van der Waals surface area contributed by atoms with Crippen molar-refractivity contribution < 1.29 is 9.59 Å². The average Bonchev–Trinajstić information content (AvgIpc) is 2.55. The fourth-order valence-electron chi connectivity index (χ4n) is 2.31. The Kier molecular flexibility index (Phi) is 5.69. The number of amides is 2. The molecule has 0 bridgehead atoms. The Morgan fingerprint density at radius 2 is 1.88 bits per heavy atom. The minimum Gasteiger partial charge on any atom is -0.329 e. The highest BCUT2D eigenvalue weighted by molar-refractivity contribution is 5.94. The molecule has 0 aliphatic heterocycles. The van der Waals surface area contributed by atoms with Gasteiger partial charge in [-0.15, -0.1) is 0 Å². The summed E-state index contributed by atoms with van der Waals surface area (Å²) in [4.78, 5) is 25.5. The monoisotopic (exact) mass is 321 g/mol. The maximum atomic E-state index is 12.2. The van der Waals surface area contributed by atoms with Crippen molar-refractivity contribution in [3.63, 3.8) is 0 Å². The van der Waals surface area contributed by atoms with Gasteiger partial charge in [0.2, 0.25) is 11.8 Å². The summed E-state index contributed by atoms with van der Waals surface area (Å²) >= 11 is 0. The Labute approximate surface area is 141 Å². The van der Waals surface area contributed by atoms with Gasteiger partial charge in [0.1, 0.15) is 6.54 Å². The number of nitriles is 1. The molecule has 2 amide bonds. The van der Waals surface area contributed by atoms with Gasteiger partial charge in [-0.2, -0.15) is 5.26 Å². The predicted molar refractivity (Wildman–Crippen MR) is 92.1 cm³/mol. The van der Waals surface area contributed by atoms with E-state index in [1.165, 1.54) is 11.8 Å². The van der Waals surface area contributed by atoms with E-state index in [1.54, 1.807) is 24.3 Å². The summed E-state index contributed by atoms with van der Waals surface area (Å²) in [7, 11) is 0. The van der Waals surface area contributed by atoms with Gasteiger partial charge in [-0.1, -0.05) is 29.8 Å². The summed E-state index contributed by atoms with van der Waals surface area (Å²) in [6.45, 7) is 3.80. The third-order valence-corrected chi connectivity index (χ3v) is 3.53. The van der Waals surface area contributed by atoms with E-state index in [-0.39, 0.29) is 18.4 Å². The standard InChI is InChI=1S/C19H19N3O2/c1-14-4-3-5-17(10-14)12-22(15(2)23)13-19(24)21-18-8-6-16(11-20)7-9-18/h3-10H,12-13H2,1-2H3,(H,21,24). The first kappa shape index (κ1) is 17.2. The Bertz CT molecular complexity index is 776. The number of aryl methyl sites for hydroxylation is 1. The van der Waals surface area contributed by atoms with Crippen LogP contribution in [0.3, 0.4) is 0 Å². The minimum atomic E-state index is -0.275. The molecule has 5 nitrogen and oxygen atoms in total. The lowest BCUT2D eigenvalue weighted by atomic mass is 10.1. The topological polar surface area (TPSA) is 73.2 Å². The maximum absolute atomic E-state index is 12.2. The number of hydrogen-bond acceptors (Lipinski definition) is 3. The van der Waals surface area contributed by atoms with Crippen LogP contribution in [-0.2, 0) is 16.1 Å². The molecule has 0 unspecified atom stereocenters. The Balaban J connectivity index is 2.00. The summed E-state index contributed by atoms with van der Waals surface area (Å²) in [6.07, 6.45) is 0. The van der Waals surface area contributed by atoms with Crippen LogP contribution in [0.4, 0.5) is 5.69 Å². The Morgan fingerprint density at radius 1 is 1.17 bits per heavy atom. The van der Waals surface area contributed by atoms with Crippen LogP contribution < -0.4 is 5.32 Å². The van der Waals surface area contributed by atoms with E-state index in [0.717, 1.165) is 11.1 Å². The summed E-state index contributed by atoms with van der Waals surface area (Å²) in [5.74, 6) is -0.436. The van der Waals surface area contributed by atoms with Crippen LogP contribution in [0, 0.1) is 18.3 Å². The van der Waals surface area contributed by atoms with E-state index in [2.05, 4.69) is 5.32 Å². The summed E-state index contributed by atoms with van der Waals surface area (Å²) in [6, 6.07) is 16.4. The van der Waals surface area contributed by atoms with E-state index in [9.17, 15) is 9.59 Å². The summed E-state index contributed by atoms with van der Waals surface area (Å²) in [5.41, 5.74) is 3.21. The number of carbonyl (C=O) groups excluding carboxylic acids is 2. The summed E-state index contributed by atoms with van der Waals surface area (Å²) in [5, 5.41) is 11.5. The van der Waals surface area contributed by atoms with Crippen molar-refractivity contribution in [1.82, 2.24) is 4.90 Å². The summed E-state index contributed by atoms with van der Waals surface area (Å²) < 4.78 is 0. The van der Waals surface area contributed by atoms with Crippen molar-refractivity contribution in [2.75, 3.05) is 11.9 Å². The van der Waals surface area contributed by atoms with Gasteiger partial charge >= 0.3 is 0 Å². The largest absolute Gasteiger partial charge is 0.329 e. The third kappa shape index (κ3) is 4.96. The fourth-order valence-corrected chi connectivity index (χ4v) is 2.31. The predicted octanol–water partition coefficient (Wildman–Crippen LogP) is 2.85. The first-order chi connectivity index (χ1) is 11.5. The number of anilines is 1. The molecule has 0 atom stereocenters. The lowest BCUT2D eigenvalue weighted by Crippen LogP contribution is -2.36. The first-order valence-corrected chi connectivity index (χ1v) is 7.59. The molecule has 0 spiro atoms. The second kappa shape index (κ2) is 7.93. The molecule has 0 aromatic heterocycles. The molecule has 5 heteroatoms. The molecule has 1 N–H and O–H groups in total. The van der Waals surface area contributed by atoms with Crippen molar-refractivity contribution >= 4 is 17.5 Å². The third-order valence-electron chi connectivity index (χ3n) is 3.53. The molecule has 24 heavy (non-hydrogen) atoms. The van der Waals surface area contributed by atoms with Crippen LogP contribution in [0.15, 0.2) is 48.5 Å². The molecule has 0 aliphatic carbocycles. The lowest BCUT2D eigenvalue weighted by Gasteiger charge is -2.21. The van der Waals surface area contributed by atoms with Gasteiger partial charge in [-0.3, -0.25) is 9.59 Å². The first-order valence-electron chi connectivity index (χ1n) is 7.59. The van der Waals surface area contributed by atoms with E-state index in [4.69, 9.17) is 5.26 Å². The second-order valence-electron chi connectivity index (χ2n) is 5.60. The molecule has 2 rings (SSSR count). The van der Waals surface area contributed by atoms with Crippen molar-refractivity contribution in [2.24, 2.45) is 0 Å². The Hall–Kier alpha value is -3.13. The minimum absolute atomic E-state index is 0.0245. The molecule has 0 saturated heterocycles. The van der Waals surface area contributed by atoms with Crippen molar-refractivity contribution in [2.45, 2.75) is 20.4 Å². The van der Waals surface area contributed by atoms with E-state index in [1.807, 2.05) is 37.3 Å². The van der Waals surface area contributed by atoms with Crippen LogP contribution in [0.5, 0.6) is 0 Å². The Morgan fingerprint density at radius 3 is 2.46 bits per heavy atom. The average molecular weight is 321 g/mol. The number of carbonyl (C=O) groups is 2. The van der Waals surface area contributed by atoms with Crippen molar-refractivity contribution in [1.29, 1.82) is 5.26 Å². The van der Waals surface area contributed by atoms with Gasteiger partial charge in [0.15, 0.2) is 0 Å². The van der Waals surface area contributed by atoms with Crippen molar-refractivity contribution in [3.8, 4) is 6.07 Å². The van der Waals surface area contributed by atoms with Crippen LogP contribution in [0.25, 0.3) is 0 Å². The molecule has 0 aliphatic rings. The SMILES string of the molecule is CC(=O)N(CC(=O)Nc1ccc(C#N)cc1)Cc1cccc(C)c1. The second-order valence-corrected chi connectivity index (χ2v) is 5.60. The molecule has 0 fully saturated rings. The molecule has 2 aromatic rings. The van der Waals surface area contributed by atoms with Crippen LogP contribution in [0.2, 0.25) is 0 Å². The fraction of sp³-hybridized carbons (Fsp3) is 0.211. The lowest BCUT2D eigenvalue weighted by molar-refractivity contribution is -0.133. The smallest absolute Gasteiger partial charge is 0.244 e. The van der Waals surface area contributed by atoms with E-state index >= 15 is 0 Å². The highest BCUT2D eigenvalue weighted by Crippen LogP contribution is 2.11. The van der Waals surface area contributed by atoms with Gasteiger partial charge in [-0.05, 0) is 36.8 Å². The van der Waals surface area contributed by atoms with Crippen LogP contribution >= 0.6 is 0 Å². The normalized spacial score (nSPS) is 9.88. The zero-order valence-corrected chi connectivity index (χ0v) is 13.7. The maximum Gasteiger partial charge on any atom is 0.244 e. The highest BCUT2D eigenvalue weighted by atomic mass is 16.2. The molecular formula is C19H19N3O2. The highest BCUT2D eigenvalue weighted by Gasteiger charge is 2.14. The van der Waals surface area contributed by atoms with E-state index < -0.39 is 0 Å². The number of hydrogen-bond donors (Lipinski definition) is 1. The number of nitrogens with zero attached hydrogens (tertiary/aromatic N) is 2. The zero-order chi connectivity index (χ0) is 17.5. The molecule has 2 aromatic carbocycles. The van der Waals surface area contributed by atoms with E-state index in [0.29, 0.717) is 17.8 Å². The van der Waals surface area contributed by atoms with Gasteiger partial charge in [0, 0.05) is 19.2 Å². The van der Waals surface area contributed by atoms with Crippen LogP contribution in [0.1, 0.15) is 23.6 Å². The number of nitrogens with one attached hydrogen (secondary N) is 1. The number of rotatable bonds is 5. The molecule has 0 saturated carbocycles. The van der Waals surface area contributed by atoms with Gasteiger partial charge < -0.3 is 10.2 Å². The van der Waals surface area contributed by atoms with Gasteiger partial charge in [0.05, 0.1) is 11.6 Å². The molecular weight excluding hydrogens is 302 g/mol. The van der Waals surface area contributed by atoms with Gasteiger partial charge in [0.25, 0.3) is 0 Å². The molecule has 122 valence electrons. The quantitative estimate of drug-likeness (QED) is 0.920.